The lowest BCUT2D eigenvalue weighted by molar-refractivity contribution is -0.298. The molecule has 2 rings (SSSR count). The van der Waals surface area contributed by atoms with Gasteiger partial charge in [0.1, 0.15) is 0 Å². The van der Waals surface area contributed by atoms with E-state index in [2.05, 4.69) is 4.98 Å². The maximum atomic E-state index is 13.5. The van der Waals surface area contributed by atoms with Crippen molar-refractivity contribution in [2.24, 2.45) is 5.92 Å². The van der Waals surface area contributed by atoms with Gasteiger partial charge in [0, 0.05) is 19.2 Å². The van der Waals surface area contributed by atoms with E-state index < -0.39 is 17.7 Å². The molecule has 1 aromatic heterocycles. The van der Waals surface area contributed by atoms with Gasteiger partial charge >= 0.3 is 6.18 Å². The highest BCUT2D eigenvalue weighted by Crippen LogP contribution is 2.51. The van der Waals surface area contributed by atoms with Crippen molar-refractivity contribution in [3.8, 4) is 0 Å². The number of alkyl halides is 3. The predicted molar refractivity (Wildman–Crippen MR) is 60.9 cm³/mol. The topological polar surface area (TPSA) is 22.1 Å². The summed E-state index contributed by atoms with van der Waals surface area (Å²) in [4.78, 5) is 3.89. The van der Waals surface area contributed by atoms with Crippen molar-refractivity contribution in [2.45, 2.75) is 37.5 Å². The van der Waals surface area contributed by atoms with Crippen LogP contribution in [0.2, 0.25) is 0 Å². The van der Waals surface area contributed by atoms with E-state index in [9.17, 15) is 13.2 Å². The third kappa shape index (κ3) is 2.00. The van der Waals surface area contributed by atoms with E-state index in [0.717, 1.165) is 20.0 Å². The normalized spacial score (nSPS) is 20.9. The van der Waals surface area contributed by atoms with Crippen LogP contribution in [-0.4, -0.2) is 18.3 Å². The highest BCUT2D eigenvalue weighted by molar-refractivity contribution is 5.18. The number of pyridine rings is 1. The molecule has 0 spiro atoms. The highest BCUT2D eigenvalue weighted by atomic mass is 19.4. The summed E-state index contributed by atoms with van der Waals surface area (Å²) in [5.41, 5.74) is -2.29. The van der Waals surface area contributed by atoms with Crippen LogP contribution in [0.15, 0.2) is 24.4 Å². The summed E-state index contributed by atoms with van der Waals surface area (Å²) in [6, 6.07) is 4.57. The minimum Gasteiger partial charge on any atom is -0.363 e. The first-order chi connectivity index (χ1) is 8.52. The molecule has 5 heteroatoms. The fourth-order valence-corrected chi connectivity index (χ4v) is 2.89. The predicted octanol–water partition coefficient (Wildman–Crippen LogP) is 3.68. The van der Waals surface area contributed by atoms with E-state index in [1.54, 1.807) is 12.1 Å². The maximum absolute atomic E-state index is 13.5. The van der Waals surface area contributed by atoms with Gasteiger partial charge in [-0.1, -0.05) is 18.9 Å². The molecule has 1 heterocycles. The Labute approximate surface area is 104 Å². The monoisotopic (exact) mass is 259 g/mol. The van der Waals surface area contributed by atoms with E-state index in [0.29, 0.717) is 12.8 Å². The Morgan fingerprint density at radius 2 is 1.89 bits per heavy atom. The third-order valence-corrected chi connectivity index (χ3v) is 3.72. The van der Waals surface area contributed by atoms with Crippen LogP contribution in [0.4, 0.5) is 13.2 Å². The van der Waals surface area contributed by atoms with Gasteiger partial charge in [-0.25, -0.2) is 0 Å². The molecular weight excluding hydrogens is 243 g/mol. The van der Waals surface area contributed by atoms with Crippen LogP contribution < -0.4 is 0 Å². The standard InChI is InChI=1S/C13H16F3NO/c1-18-12(13(14,15)16,10-6-2-3-7-10)11-8-4-5-9-17-11/h4-5,8-10H,2-3,6-7H2,1H3. The van der Waals surface area contributed by atoms with Gasteiger partial charge in [0.2, 0.25) is 5.60 Å². The number of aromatic nitrogens is 1. The van der Waals surface area contributed by atoms with Gasteiger partial charge in [0.25, 0.3) is 0 Å². The zero-order chi connectivity index (χ0) is 13.2. The van der Waals surface area contributed by atoms with Gasteiger partial charge in [0.15, 0.2) is 0 Å². The van der Waals surface area contributed by atoms with Crippen molar-refractivity contribution < 1.29 is 17.9 Å². The number of hydrogen-bond acceptors (Lipinski definition) is 2. The molecule has 0 amide bonds. The van der Waals surface area contributed by atoms with E-state index in [-0.39, 0.29) is 5.69 Å². The molecule has 0 bridgehead atoms. The van der Waals surface area contributed by atoms with Gasteiger partial charge in [-0.05, 0) is 25.0 Å². The number of methoxy groups -OCH3 is 1. The lowest BCUT2D eigenvalue weighted by Gasteiger charge is -2.38. The summed E-state index contributed by atoms with van der Waals surface area (Å²) in [6.45, 7) is 0. The first kappa shape index (κ1) is 13.3. The molecule has 100 valence electrons. The molecule has 1 saturated carbocycles. The van der Waals surface area contributed by atoms with Gasteiger partial charge in [-0.15, -0.1) is 0 Å². The first-order valence-electron chi connectivity index (χ1n) is 6.05. The first-order valence-corrected chi connectivity index (χ1v) is 6.05. The smallest absolute Gasteiger partial charge is 0.363 e. The zero-order valence-corrected chi connectivity index (χ0v) is 10.2. The molecule has 0 aromatic carbocycles. The van der Waals surface area contributed by atoms with Gasteiger partial charge < -0.3 is 4.74 Å². The summed E-state index contributed by atoms with van der Waals surface area (Å²) in [5, 5.41) is 0. The van der Waals surface area contributed by atoms with Crippen molar-refractivity contribution in [3.05, 3.63) is 30.1 Å². The van der Waals surface area contributed by atoms with Crippen LogP contribution in [0.3, 0.4) is 0 Å². The second kappa shape index (κ2) is 4.88. The lowest BCUT2D eigenvalue weighted by atomic mass is 9.82. The van der Waals surface area contributed by atoms with Crippen molar-refractivity contribution in [2.75, 3.05) is 7.11 Å². The molecule has 1 fully saturated rings. The summed E-state index contributed by atoms with van der Waals surface area (Å²) >= 11 is 0. The summed E-state index contributed by atoms with van der Waals surface area (Å²) in [5.74, 6) is -0.544. The van der Waals surface area contributed by atoms with Gasteiger partial charge in [-0.2, -0.15) is 13.2 Å². The molecule has 1 atom stereocenters. The molecule has 1 aliphatic rings. The fourth-order valence-electron chi connectivity index (χ4n) is 2.89. The Balaban J connectivity index is 2.51. The molecule has 0 saturated heterocycles. The van der Waals surface area contributed by atoms with E-state index in [1.165, 1.54) is 12.3 Å². The van der Waals surface area contributed by atoms with E-state index in [1.807, 2.05) is 0 Å². The number of hydrogen-bond donors (Lipinski definition) is 0. The fraction of sp³-hybridized carbons (Fsp3) is 0.615. The Morgan fingerprint density at radius 1 is 1.22 bits per heavy atom. The zero-order valence-electron chi connectivity index (χ0n) is 10.2. The molecule has 18 heavy (non-hydrogen) atoms. The third-order valence-electron chi connectivity index (χ3n) is 3.72. The van der Waals surface area contributed by atoms with Crippen LogP contribution in [0.1, 0.15) is 31.4 Å². The molecule has 2 nitrogen and oxygen atoms in total. The van der Waals surface area contributed by atoms with Crippen molar-refractivity contribution in [1.82, 2.24) is 4.98 Å². The number of nitrogens with zero attached hydrogens (tertiary/aromatic N) is 1. The molecule has 0 aliphatic heterocycles. The van der Waals surface area contributed by atoms with E-state index in [4.69, 9.17) is 4.74 Å². The second-order valence-electron chi connectivity index (χ2n) is 4.63. The van der Waals surface area contributed by atoms with Crippen molar-refractivity contribution in [1.29, 1.82) is 0 Å². The Kier molecular flexibility index (Phi) is 3.61. The molecule has 1 aliphatic carbocycles. The Bertz CT molecular complexity index is 387. The number of ether oxygens (including phenoxy) is 1. The van der Waals surface area contributed by atoms with Crippen LogP contribution in [-0.2, 0) is 10.3 Å². The Hall–Kier alpha value is -1.10. The summed E-state index contributed by atoms with van der Waals surface area (Å²) in [6.07, 6.45) is -0.375. The Morgan fingerprint density at radius 3 is 2.33 bits per heavy atom. The number of rotatable bonds is 3. The van der Waals surface area contributed by atoms with Crippen molar-refractivity contribution >= 4 is 0 Å². The molecular formula is C13H16F3NO. The molecule has 0 radical (unpaired) electrons. The maximum Gasteiger partial charge on any atom is 0.423 e. The summed E-state index contributed by atoms with van der Waals surface area (Å²) in [7, 11) is 1.13. The highest BCUT2D eigenvalue weighted by Gasteiger charge is 2.62. The van der Waals surface area contributed by atoms with Gasteiger partial charge in [-0.3, -0.25) is 4.98 Å². The molecule has 1 aromatic rings. The minimum absolute atomic E-state index is 0.0353. The average Bonchev–Trinajstić information content (AvgIpc) is 2.84. The van der Waals surface area contributed by atoms with Crippen LogP contribution in [0, 0.1) is 5.92 Å². The minimum atomic E-state index is -4.45. The average molecular weight is 259 g/mol. The molecule has 0 N–H and O–H groups in total. The van der Waals surface area contributed by atoms with Crippen LogP contribution in [0.25, 0.3) is 0 Å². The van der Waals surface area contributed by atoms with Crippen LogP contribution >= 0.6 is 0 Å². The van der Waals surface area contributed by atoms with Crippen LogP contribution in [0.5, 0.6) is 0 Å². The van der Waals surface area contributed by atoms with Crippen molar-refractivity contribution in [3.63, 3.8) is 0 Å². The quantitative estimate of drug-likeness (QED) is 0.826. The lowest BCUT2D eigenvalue weighted by Crippen LogP contribution is -2.50. The largest absolute Gasteiger partial charge is 0.423 e. The van der Waals surface area contributed by atoms with Gasteiger partial charge in [0.05, 0.1) is 5.69 Å². The van der Waals surface area contributed by atoms with E-state index >= 15 is 0 Å². The second-order valence-corrected chi connectivity index (χ2v) is 4.63. The number of halogens is 3. The SMILES string of the molecule is COC(c1ccccn1)(C1CCCC1)C(F)(F)F. The summed E-state index contributed by atoms with van der Waals surface area (Å²) < 4.78 is 45.6. The molecule has 1 unspecified atom stereocenters.